The van der Waals surface area contributed by atoms with Crippen molar-refractivity contribution in [2.24, 2.45) is 0 Å². The lowest BCUT2D eigenvalue weighted by molar-refractivity contribution is -0.135. The SMILES string of the molecule is CCOC(=O)c1cc(NC(=O)CN2CCCCCCC2=O)cc(C(=O)OCC)c1. The summed E-state index contributed by atoms with van der Waals surface area (Å²) in [6.45, 7) is 4.19. The van der Waals surface area contributed by atoms with Crippen LogP contribution in [0.3, 0.4) is 0 Å². The van der Waals surface area contributed by atoms with Crippen molar-refractivity contribution in [1.29, 1.82) is 0 Å². The zero-order chi connectivity index (χ0) is 21.2. The molecule has 29 heavy (non-hydrogen) atoms. The summed E-state index contributed by atoms with van der Waals surface area (Å²) in [5.41, 5.74) is 0.535. The summed E-state index contributed by atoms with van der Waals surface area (Å²) in [6, 6.07) is 4.25. The maximum atomic E-state index is 12.5. The number of anilines is 1. The molecule has 1 aromatic carbocycles. The molecule has 1 aromatic rings. The first-order valence-electron chi connectivity index (χ1n) is 10.0. The van der Waals surface area contributed by atoms with E-state index in [4.69, 9.17) is 9.47 Å². The molecule has 1 aliphatic rings. The molecule has 1 fully saturated rings. The smallest absolute Gasteiger partial charge is 0.338 e. The van der Waals surface area contributed by atoms with Gasteiger partial charge in [0, 0.05) is 18.7 Å². The van der Waals surface area contributed by atoms with Crippen LogP contribution in [0.2, 0.25) is 0 Å². The summed E-state index contributed by atoms with van der Waals surface area (Å²) in [6.07, 6.45) is 4.21. The second-order valence-electron chi connectivity index (χ2n) is 6.77. The van der Waals surface area contributed by atoms with E-state index < -0.39 is 17.8 Å². The van der Waals surface area contributed by atoms with Crippen LogP contribution in [-0.4, -0.2) is 55.0 Å². The highest BCUT2D eigenvalue weighted by molar-refractivity contribution is 6.00. The van der Waals surface area contributed by atoms with Crippen molar-refractivity contribution >= 4 is 29.4 Å². The second kappa shape index (κ2) is 11.2. The van der Waals surface area contributed by atoms with E-state index >= 15 is 0 Å². The van der Waals surface area contributed by atoms with Crippen molar-refractivity contribution in [1.82, 2.24) is 4.90 Å². The number of amides is 2. The van der Waals surface area contributed by atoms with Gasteiger partial charge in [-0.05, 0) is 44.9 Å². The largest absolute Gasteiger partial charge is 0.462 e. The normalized spacial score (nSPS) is 14.6. The molecular formula is C21H28N2O6. The van der Waals surface area contributed by atoms with Crippen molar-refractivity contribution < 1.29 is 28.7 Å². The van der Waals surface area contributed by atoms with Crippen LogP contribution < -0.4 is 5.32 Å². The highest BCUT2D eigenvalue weighted by atomic mass is 16.5. The Morgan fingerprint density at radius 1 is 0.931 bits per heavy atom. The third-order valence-corrected chi connectivity index (χ3v) is 4.49. The number of nitrogens with one attached hydrogen (secondary N) is 1. The van der Waals surface area contributed by atoms with E-state index in [0.717, 1.165) is 25.7 Å². The highest BCUT2D eigenvalue weighted by Gasteiger charge is 2.20. The molecule has 8 heteroatoms. The minimum atomic E-state index is -0.604. The van der Waals surface area contributed by atoms with E-state index in [9.17, 15) is 19.2 Å². The fourth-order valence-electron chi connectivity index (χ4n) is 3.12. The van der Waals surface area contributed by atoms with Crippen LogP contribution in [0.5, 0.6) is 0 Å². The number of rotatable bonds is 7. The fourth-order valence-corrected chi connectivity index (χ4v) is 3.12. The Kier molecular flexibility index (Phi) is 8.64. The molecule has 0 atom stereocenters. The molecule has 0 aromatic heterocycles. The molecule has 2 rings (SSSR count). The number of esters is 2. The van der Waals surface area contributed by atoms with E-state index in [1.807, 2.05) is 0 Å². The average molecular weight is 404 g/mol. The van der Waals surface area contributed by atoms with Crippen LogP contribution in [0, 0.1) is 0 Å². The number of benzene rings is 1. The summed E-state index contributed by atoms with van der Waals surface area (Å²) < 4.78 is 9.97. The topological polar surface area (TPSA) is 102 Å². The van der Waals surface area contributed by atoms with Gasteiger partial charge in [-0.1, -0.05) is 12.8 Å². The second-order valence-corrected chi connectivity index (χ2v) is 6.77. The number of hydrogen-bond donors (Lipinski definition) is 1. The fraction of sp³-hybridized carbons (Fsp3) is 0.524. The predicted molar refractivity (Wildman–Crippen MR) is 107 cm³/mol. The highest BCUT2D eigenvalue weighted by Crippen LogP contribution is 2.18. The van der Waals surface area contributed by atoms with Gasteiger partial charge in [0.1, 0.15) is 0 Å². The van der Waals surface area contributed by atoms with Crippen LogP contribution >= 0.6 is 0 Å². The van der Waals surface area contributed by atoms with Gasteiger partial charge in [0.15, 0.2) is 0 Å². The molecule has 1 aliphatic heterocycles. The van der Waals surface area contributed by atoms with Crippen molar-refractivity contribution in [3.8, 4) is 0 Å². The molecular weight excluding hydrogens is 376 g/mol. The molecule has 158 valence electrons. The Labute approximate surface area is 170 Å². The zero-order valence-corrected chi connectivity index (χ0v) is 17.0. The Hall–Kier alpha value is -2.90. The van der Waals surface area contributed by atoms with Crippen LogP contribution in [-0.2, 0) is 19.1 Å². The maximum Gasteiger partial charge on any atom is 0.338 e. The third-order valence-electron chi connectivity index (χ3n) is 4.49. The Bertz CT molecular complexity index is 725. The first-order chi connectivity index (χ1) is 13.9. The predicted octanol–water partition coefficient (Wildman–Crippen LogP) is 2.77. The number of ether oxygens (including phenoxy) is 2. The van der Waals surface area contributed by atoms with Gasteiger partial charge in [-0.15, -0.1) is 0 Å². The molecule has 8 nitrogen and oxygen atoms in total. The number of likely N-dealkylation sites (tertiary alicyclic amines) is 1. The Balaban J connectivity index is 2.16. The zero-order valence-electron chi connectivity index (χ0n) is 17.0. The van der Waals surface area contributed by atoms with E-state index in [0.29, 0.717) is 13.0 Å². The van der Waals surface area contributed by atoms with Gasteiger partial charge < -0.3 is 19.7 Å². The minimum absolute atomic E-state index is 0.0349. The maximum absolute atomic E-state index is 12.5. The molecule has 0 radical (unpaired) electrons. The summed E-state index contributed by atoms with van der Waals surface area (Å²) in [5.74, 6) is -1.64. The molecule has 1 N–H and O–H groups in total. The van der Waals surface area contributed by atoms with Gasteiger partial charge in [0.05, 0.1) is 30.9 Å². The van der Waals surface area contributed by atoms with Gasteiger partial charge in [0.2, 0.25) is 11.8 Å². The molecule has 0 unspecified atom stereocenters. The average Bonchev–Trinajstić information content (AvgIpc) is 2.68. The van der Waals surface area contributed by atoms with Gasteiger partial charge >= 0.3 is 11.9 Å². The molecule has 0 bridgehead atoms. The molecule has 0 spiro atoms. The Morgan fingerprint density at radius 3 is 2.10 bits per heavy atom. The van der Waals surface area contributed by atoms with Gasteiger partial charge in [-0.25, -0.2) is 9.59 Å². The van der Waals surface area contributed by atoms with E-state index in [1.165, 1.54) is 18.2 Å². The summed E-state index contributed by atoms with van der Waals surface area (Å²) in [5, 5.41) is 2.67. The lowest BCUT2D eigenvalue weighted by atomic mass is 10.1. The van der Waals surface area contributed by atoms with Gasteiger partial charge in [0.25, 0.3) is 0 Å². The molecule has 0 saturated carbocycles. The van der Waals surface area contributed by atoms with Gasteiger partial charge in [-0.3, -0.25) is 9.59 Å². The molecule has 1 heterocycles. The lowest BCUT2D eigenvalue weighted by Crippen LogP contribution is -2.39. The van der Waals surface area contributed by atoms with Crippen LogP contribution in [0.15, 0.2) is 18.2 Å². The Morgan fingerprint density at radius 2 is 1.52 bits per heavy atom. The first-order valence-corrected chi connectivity index (χ1v) is 10.0. The van der Waals surface area contributed by atoms with Crippen LogP contribution in [0.1, 0.15) is 66.7 Å². The number of carbonyl (C=O) groups excluding carboxylic acids is 4. The number of carbonyl (C=O) groups is 4. The lowest BCUT2D eigenvalue weighted by Gasteiger charge is -2.24. The number of nitrogens with zero attached hydrogens (tertiary/aromatic N) is 1. The van der Waals surface area contributed by atoms with Crippen molar-refractivity contribution in [2.75, 3.05) is 31.6 Å². The van der Waals surface area contributed by atoms with Gasteiger partial charge in [-0.2, -0.15) is 0 Å². The van der Waals surface area contributed by atoms with E-state index in [-0.39, 0.29) is 42.5 Å². The van der Waals surface area contributed by atoms with Crippen molar-refractivity contribution in [3.63, 3.8) is 0 Å². The van der Waals surface area contributed by atoms with Crippen molar-refractivity contribution in [2.45, 2.75) is 46.0 Å². The number of hydrogen-bond acceptors (Lipinski definition) is 6. The summed E-state index contributed by atoms with van der Waals surface area (Å²) in [4.78, 5) is 50.5. The van der Waals surface area contributed by atoms with Crippen LogP contribution in [0.25, 0.3) is 0 Å². The molecule has 2 amide bonds. The van der Waals surface area contributed by atoms with Crippen LogP contribution in [0.4, 0.5) is 5.69 Å². The third kappa shape index (κ3) is 6.89. The summed E-state index contributed by atoms with van der Waals surface area (Å²) >= 11 is 0. The molecule has 1 saturated heterocycles. The van der Waals surface area contributed by atoms with E-state index in [2.05, 4.69) is 5.32 Å². The quantitative estimate of drug-likeness (QED) is 0.701. The van der Waals surface area contributed by atoms with E-state index in [1.54, 1.807) is 18.7 Å². The molecule has 0 aliphatic carbocycles. The monoisotopic (exact) mass is 404 g/mol. The summed E-state index contributed by atoms with van der Waals surface area (Å²) in [7, 11) is 0. The van der Waals surface area contributed by atoms with Crippen molar-refractivity contribution in [3.05, 3.63) is 29.3 Å². The first kappa shape index (κ1) is 22.4. The minimum Gasteiger partial charge on any atom is -0.462 e. The standard InChI is InChI=1S/C21H28N2O6/c1-3-28-20(26)15-11-16(21(27)29-4-2)13-17(12-15)22-18(24)14-23-10-8-6-5-7-9-19(23)25/h11-13H,3-10,14H2,1-2H3,(H,22,24).